The Morgan fingerprint density at radius 1 is 1.04 bits per heavy atom. The molecule has 0 radical (unpaired) electrons. The van der Waals surface area contributed by atoms with E-state index < -0.39 is 10.0 Å². The van der Waals surface area contributed by atoms with Gasteiger partial charge in [0, 0.05) is 19.7 Å². The first kappa shape index (κ1) is 19.2. The third kappa shape index (κ3) is 4.06. The SMILES string of the molecule is CC(NC(=O)c1ccc2c(c1)OCCO2)c1ccc(S(=O)(=O)N(C)C)cc1. The molecule has 1 unspecified atom stereocenters. The van der Waals surface area contributed by atoms with Gasteiger partial charge in [0.05, 0.1) is 10.9 Å². The summed E-state index contributed by atoms with van der Waals surface area (Å²) in [7, 11) is -0.503. The van der Waals surface area contributed by atoms with Crippen LogP contribution in [0.15, 0.2) is 47.4 Å². The average Bonchev–Trinajstić information content (AvgIpc) is 2.67. The smallest absolute Gasteiger partial charge is 0.251 e. The fourth-order valence-electron chi connectivity index (χ4n) is 2.69. The van der Waals surface area contributed by atoms with Crippen LogP contribution < -0.4 is 14.8 Å². The summed E-state index contributed by atoms with van der Waals surface area (Å²) < 4.78 is 36.4. The van der Waals surface area contributed by atoms with Gasteiger partial charge in [0.1, 0.15) is 13.2 Å². The Kier molecular flexibility index (Phi) is 5.38. The van der Waals surface area contributed by atoms with Crippen molar-refractivity contribution in [1.29, 1.82) is 0 Å². The normalized spacial score (nSPS) is 14.7. The van der Waals surface area contributed by atoms with Gasteiger partial charge >= 0.3 is 0 Å². The van der Waals surface area contributed by atoms with E-state index in [1.807, 2.05) is 6.92 Å². The lowest BCUT2D eigenvalue weighted by Gasteiger charge is -2.19. The highest BCUT2D eigenvalue weighted by Gasteiger charge is 2.19. The number of amides is 1. The van der Waals surface area contributed by atoms with E-state index in [4.69, 9.17) is 9.47 Å². The van der Waals surface area contributed by atoms with Crippen molar-refractivity contribution in [2.45, 2.75) is 17.9 Å². The predicted octanol–water partition coefficient (Wildman–Crippen LogP) is 2.20. The summed E-state index contributed by atoms with van der Waals surface area (Å²) in [5, 5.41) is 2.91. The van der Waals surface area contributed by atoms with E-state index in [9.17, 15) is 13.2 Å². The molecular weight excluding hydrogens is 368 g/mol. The first-order chi connectivity index (χ1) is 12.8. The zero-order chi connectivity index (χ0) is 19.6. The number of carbonyl (C=O) groups excluding carboxylic acids is 1. The molecule has 1 aliphatic heterocycles. The molecule has 144 valence electrons. The molecule has 1 N–H and O–H groups in total. The van der Waals surface area contributed by atoms with Crippen molar-refractivity contribution >= 4 is 15.9 Å². The van der Waals surface area contributed by atoms with Gasteiger partial charge in [-0.2, -0.15) is 0 Å². The largest absolute Gasteiger partial charge is 0.486 e. The molecule has 0 spiro atoms. The summed E-state index contributed by atoms with van der Waals surface area (Å²) in [5.41, 5.74) is 1.27. The van der Waals surface area contributed by atoms with Crippen LogP contribution in [0.25, 0.3) is 0 Å². The summed E-state index contributed by atoms with van der Waals surface area (Å²) in [6, 6.07) is 11.2. The van der Waals surface area contributed by atoms with Crippen LogP contribution in [0.3, 0.4) is 0 Å². The molecule has 0 aliphatic carbocycles. The maximum absolute atomic E-state index is 12.5. The third-order valence-corrected chi connectivity index (χ3v) is 6.14. The number of rotatable bonds is 5. The van der Waals surface area contributed by atoms with Crippen LogP contribution in [0, 0.1) is 0 Å². The van der Waals surface area contributed by atoms with Gasteiger partial charge in [-0.25, -0.2) is 12.7 Å². The molecule has 2 aromatic rings. The van der Waals surface area contributed by atoms with Crippen LogP contribution in [0.2, 0.25) is 0 Å². The van der Waals surface area contributed by atoms with Crippen molar-refractivity contribution in [3.05, 3.63) is 53.6 Å². The molecule has 27 heavy (non-hydrogen) atoms. The number of benzene rings is 2. The predicted molar refractivity (Wildman–Crippen MR) is 101 cm³/mol. The van der Waals surface area contributed by atoms with Crippen molar-refractivity contribution in [1.82, 2.24) is 9.62 Å². The van der Waals surface area contributed by atoms with Crippen LogP contribution in [0.1, 0.15) is 28.9 Å². The second-order valence-electron chi connectivity index (χ2n) is 6.41. The number of fused-ring (bicyclic) bond motifs is 1. The lowest BCUT2D eigenvalue weighted by Crippen LogP contribution is -2.27. The van der Waals surface area contributed by atoms with Crippen LogP contribution in [0.5, 0.6) is 11.5 Å². The minimum absolute atomic E-state index is 0.210. The monoisotopic (exact) mass is 390 g/mol. The van der Waals surface area contributed by atoms with Gasteiger partial charge in [0.2, 0.25) is 10.0 Å². The van der Waals surface area contributed by atoms with E-state index in [0.717, 1.165) is 9.87 Å². The van der Waals surface area contributed by atoms with Gasteiger partial charge in [0.25, 0.3) is 5.91 Å². The molecule has 0 fully saturated rings. The van der Waals surface area contributed by atoms with Gasteiger partial charge in [-0.05, 0) is 42.8 Å². The van der Waals surface area contributed by atoms with Crippen molar-refractivity contribution in [3.8, 4) is 11.5 Å². The Morgan fingerprint density at radius 2 is 1.67 bits per heavy atom. The van der Waals surface area contributed by atoms with Crippen molar-refractivity contribution in [2.75, 3.05) is 27.3 Å². The number of carbonyl (C=O) groups is 1. The zero-order valence-electron chi connectivity index (χ0n) is 15.4. The van der Waals surface area contributed by atoms with Crippen molar-refractivity contribution in [3.63, 3.8) is 0 Å². The highest BCUT2D eigenvalue weighted by Crippen LogP contribution is 2.31. The summed E-state index contributed by atoms with van der Waals surface area (Å²) >= 11 is 0. The van der Waals surface area contributed by atoms with Crippen LogP contribution >= 0.6 is 0 Å². The number of sulfonamides is 1. The minimum Gasteiger partial charge on any atom is -0.486 e. The molecule has 0 bridgehead atoms. The summed E-state index contributed by atoms with van der Waals surface area (Å²) in [4.78, 5) is 12.7. The lowest BCUT2D eigenvalue weighted by atomic mass is 10.1. The van der Waals surface area contributed by atoms with E-state index >= 15 is 0 Å². The van der Waals surface area contributed by atoms with Crippen molar-refractivity contribution < 1.29 is 22.7 Å². The first-order valence-electron chi connectivity index (χ1n) is 8.52. The second kappa shape index (κ2) is 7.58. The van der Waals surface area contributed by atoms with Crippen LogP contribution in [0.4, 0.5) is 0 Å². The third-order valence-electron chi connectivity index (χ3n) is 4.31. The first-order valence-corrected chi connectivity index (χ1v) is 9.96. The molecule has 2 aromatic carbocycles. The molecule has 1 amide bonds. The number of nitrogens with zero attached hydrogens (tertiary/aromatic N) is 1. The number of hydrogen-bond donors (Lipinski definition) is 1. The highest BCUT2D eigenvalue weighted by molar-refractivity contribution is 7.89. The van der Waals surface area contributed by atoms with Gasteiger partial charge < -0.3 is 14.8 Å². The second-order valence-corrected chi connectivity index (χ2v) is 8.56. The quantitative estimate of drug-likeness (QED) is 0.846. The standard InChI is InChI=1S/C19H22N2O5S/c1-13(14-4-7-16(8-5-14)27(23,24)21(2)3)20-19(22)15-6-9-17-18(12-15)26-11-10-25-17/h4-9,12-13H,10-11H2,1-3H3,(H,20,22). The minimum atomic E-state index is -3.47. The summed E-state index contributed by atoms with van der Waals surface area (Å²) in [6.45, 7) is 2.79. The highest BCUT2D eigenvalue weighted by atomic mass is 32.2. The Balaban J connectivity index is 1.71. The molecule has 0 aromatic heterocycles. The van der Waals surface area contributed by atoms with Gasteiger partial charge in [-0.15, -0.1) is 0 Å². The van der Waals surface area contributed by atoms with Crippen molar-refractivity contribution in [2.24, 2.45) is 0 Å². The molecule has 0 saturated carbocycles. The fraction of sp³-hybridized carbons (Fsp3) is 0.316. The van der Waals surface area contributed by atoms with Crippen LogP contribution in [-0.4, -0.2) is 45.9 Å². The molecular formula is C19H22N2O5S. The molecule has 1 atom stereocenters. The van der Waals surface area contributed by atoms with Gasteiger partial charge in [-0.3, -0.25) is 4.79 Å². The molecule has 3 rings (SSSR count). The number of hydrogen-bond acceptors (Lipinski definition) is 5. The van der Waals surface area contributed by atoms with E-state index in [2.05, 4.69) is 5.32 Å². The Labute approximate surface area is 158 Å². The van der Waals surface area contributed by atoms with E-state index in [-0.39, 0.29) is 16.8 Å². The molecule has 1 aliphatic rings. The maximum Gasteiger partial charge on any atom is 0.251 e. The zero-order valence-corrected chi connectivity index (χ0v) is 16.2. The number of nitrogens with one attached hydrogen (secondary N) is 1. The van der Waals surface area contributed by atoms with E-state index in [1.54, 1.807) is 30.3 Å². The van der Waals surface area contributed by atoms with Crippen LogP contribution in [-0.2, 0) is 10.0 Å². The maximum atomic E-state index is 12.5. The fourth-order valence-corrected chi connectivity index (χ4v) is 3.59. The molecule has 1 heterocycles. The molecule has 0 saturated heterocycles. The Morgan fingerprint density at radius 3 is 2.30 bits per heavy atom. The Hall–Kier alpha value is -2.58. The Bertz CT molecular complexity index is 939. The van der Waals surface area contributed by atoms with Gasteiger partial charge in [-0.1, -0.05) is 12.1 Å². The van der Waals surface area contributed by atoms with Gasteiger partial charge in [0.15, 0.2) is 11.5 Å². The average molecular weight is 390 g/mol. The summed E-state index contributed by atoms with van der Waals surface area (Å²) in [6.07, 6.45) is 0. The number of ether oxygens (including phenoxy) is 2. The molecule has 8 heteroatoms. The topological polar surface area (TPSA) is 84.9 Å². The summed E-state index contributed by atoms with van der Waals surface area (Å²) in [5.74, 6) is 0.938. The van der Waals surface area contributed by atoms with E-state index in [0.29, 0.717) is 30.3 Å². The lowest BCUT2D eigenvalue weighted by molar-refractivity contribution is 0.0938. The van der Waals surface area contributed by atoms with E-state index in [1.165, 1.54) is 26.2 Å². The molecule has 7 nitrogen and oxygen atoms in total.